The van der Waals surface area contributed by atoms with Gasteiger partial charge in [0.1, 0.15) is 23.0 Å². The van der Waals surface area contributed by atoms with Crippen LogP contribution in [0.25, 0.3) is 0 Å². The van der Waals surface area contributed by atoms with Crippen molar-refractivity contribution < 1.29 is 18.5 Å². The lowest BCUT2D eigenvalue weighted by molar-refractivity contribution is -0.144. The molecule has 0 amide bonds. The Morgan fingerprint density at radius 3 is 2.30 bits per heavy atom. The summed E-state index contributed by atoms with van der Waals surface area (Å²) in [6, 6.07) is 5.43. The SMILES string of the molecule is CC1(C)OC[C@H]([C@H](N[S@+]([O-])C(C)(C)C)[C@@H](O[Si](C)(C)C(C)(C)C)c2ccccn2)O1. The minimum atomic E-state index is -2.17. The molecule has 1 N–H and O–H groups in total. The summed E-state index contributed by atoms with van der Waals surface area (Å²) in [5, 5.41) is 0.0140. The molecule has 0 bridgehead atoms. The van der Waals surface area contributed by atoms with E-state index in [1.54, 1.807) is 6.20 Å². The van der Waals surface area contributed by atoms with E-state index in [2.05, 4.69) is 43.6 Å². The third-order valence-corrected chi connectivity index (χ3v) is 11.8. The number of aromatic nitrogens is 1. The molecule has 1 aromatic heterocycles. The fourth-order valence-electron chi connectivity index (χ4n) is 2.88. The lowest BCUT2D eigenvalue weighted by Gasteiger charge is -2.42. The normalized spacial score (nSPS) is 23.2. The van der Waals surface area contributed by atoms with Gasteiger partial charge in [-0.25, -0.2) is 0 Å². The van der Waals surface area contributed by atoms with E-state index in [1.165, 1.54) is 0 Å². The number of hydrogen-bond acceptors (Lipinski definition) is 6. The Balaban J connectivity index is 2.48. The van der Waals surface area contributed by atoms with Gasteiger partial charge in [-0.3, -0.25) is 4.98 Å². The van der Waals surface area contributed by atoms with Gasteiger partial charge in [0.15, 0.2) is 14.1 Å². The van der Waals surface area contributed by atoms with Gasteiger partial charge in [0.05, 0.1) is 12.3 Å². The van der Waals surface area contributed by atoms with Crippen molar-refractivity contribution in [3.05, 3.63) is 30.1 Å². The van der Waals surface area contributed by atoms with E-state index in [9.17, 15) is 4.55 Å². The van der Waals surface area contributed by atoms with Gasteiger partial charge in [0.25, 0.3) is 0 Å². The van der Waals surface area contributed by atoms with Crippen LogP contribution in [-0.4, -0.2) is 47.1 Å². The molecule has 1 aliphatic rings. The van der Waals surface area contributed by atoms with Gasteiger partial charge in [0.2, 0.25) is 0 Å². The monoisotopic (exact) mass is 456 g/mol. The van der Waals surface area contributed by atoms with Gasteiger partial charge in [-0.05, 0) is 64.9 Å². The number of rotatable bonds is 7. The van der Waals surface area contributed by atoms with Crippen molar-refractivity contribution in [2.24, 2.45) is 0 Å². The standard InChI is InChI=1S/C22H40N2O4SSi/c1-20(2,3)29(25)24-18(17-15-26-22(7,8)27-17)19(16-13-11-12-14-23-16)28-30(9,10)21(4,5)6/h11-14,17-19,24H,15H2,1-10H3/t17-,18+,19+,29-/m1/s1. The molecule has 2 rings (SSSR count). The van der Waals surface area contributed by atoms with E-state index in [4.69, 9.17) is 13.9 Å². The van der Waals surface area contributed by atoms with E-state index in [0.29, 0.717) is 6.61 Å². The first-order valence-corrected chi connectivity index (χ1v) is 14.7. The van der Waals surface area contributed by atoms with Crippen LogP contribution in [0.5, 0.6) is 0 Å². The first kappa shape index (κ1) is 25.8. The smallest absolute Gasteiger partial charge is 0.193 e. The molecule has 0 saturated carbocycles. The fourth-order valence-corrected chi connectivity index (χ4v) is 5.01. The Hall–Kier alpha value is -0.483. The van der Waals surface area contributed by atoms with E-state index < -0.39 is 36.3 Å². The van der Waals surface area contributed by atoms with Crippen molar-refractivity contribution in [3.8, 4) is 0 Å². The van der Waals surface area contributed by atoms with Gasteiger partial charge in [-0.15, -0.1) is 4.72 Å². The summed E-state index contributed by atoms with van der Waals surface area (Å²) in [7, 11) is -2.17. The molecule has 4 atom stereocenters. The maximum atomic E-state index is 13.1. The van der Waals surface area contributed by atoms with Crippen LogP contribution in [0.1, 0.15) is 67.2 Å². The van der Waals surface area contributed by atoms with Crippen molar-refractivity contribution in [1.29, 1.82) is 0 Å². The van der Waals surface area contributed by atoms with E-state index >= 15 is 0 Å². The van der Waals surface area contributed by atoms with Crippen molar-refractivity contribution in [3.63, 3.8) is 0 Å². The Morgan fingerprint density at radius 1 is 1.23 bits per heavy atom. The summed E-state index contributed by atoms with van der Waals surface area (Å²) < 4.78 is 35.0. The zero-order valence-electron chi connectivity index (χ0n) is 20.2. The van der Waals surface area contributed by atoms with Crippen LogP contribution in [0.3, 0.4) is 0 Å². The number of ether oxygens (including phenoxy) is 2. The highest BCUT2D eigenvalue weighted by atomic mass is 32.2. The molecule has 1 fully saturated rings. The summed E-state index contributed by atoms with van der Waals surface area (Å²) in [6.45, 7) is 21.1. The largest absolute Gasteiger partial charge is 0.598 e. The first-order valence-electron chi connectivity index (χ1n) is 10.6. The van der Waals surface area contributed by atoms with E-state index in [1.807, 2.05) is 52.8 Å². The van der Waals surface area contributed by atoms with E-state index in [-0.39, 0.29) is 17.2 Å². The van der Waals surface area contributed by atoms with E-state index in [0.717, 1.165) is 5.69 Å². The number of pyridine rings is 1. The van der Waals surface area contributed by atoms with Crippen LogP contribution >= 0.6 is 0 Å². The molecule has 2 heterocycles. The molecule has 30 heavy (non-hydrogen) atoms. The Morgan fingerprint density at radius 2 is 1.87 bits per heavy atom. The quantitative estimate of drug-likeness (QED) is 0.473. The average Bonchev–Trinajstić information content (AvgIpc) is 2.96. The molecule has 8 heteroatoms. The highest BCUT2D eigenvalue weighted by Crippen LogP contribution is 2.42. The third kappa shape index (κ3) is 6.51. The molecule has 0 aromatic carbocycles. The third-order valence-electron chi connectivity index (χ3n) is 5.76. The maximum absolute atomic E-state index is 13.1. The predicted molar refractivity (Wildman–Crippen MR) is 125 cm³/mol. The molecular weight excluding hydrogens is 416 g/mol. The summed E-state index contributed by atoms with van der Waals surface area (Å²) in [4.78, 5) is 4.61. The molecule has 0 unspecified atom stereocenters. The minimum Gasteiger partial charge on any atom is -0.598 e. The van der Waals surface area contributed by atoms with Gasteiger partial charge in [0, 0.05) is 17.6 Å². The summed E-state index contributed by atoms with van der Waals surface area (Å²) in [5.41, 5.74) is 0.805. The van der Waals surface area contributed by atoms with Crippen LogP contribution < -0.4 is 4.72 Å². The zero-order chi connectivity index (χ0) is 23.0. The highest BCUT2D eigenvalue weighted by molar-refractivity contribution is 7.90. The van der Waals surface area contributed by atoms with Crippen LogP contribution in [0, 0.1) is 0 Å². The average molecular weight is 457 g/mol. The van der Waals surface area contributed by atoms with Gasteiger partial charge in [-0.1, -0.05) is 26.8 Å². The molecule has 1 saturated heterocycles. The second kappa shape index (κ2) is 9.17. The second-order valence-corrected chi connectivity index (χ2v) is 17.7. The minimum absolute atomic E-state index is 0.0140. The first-order chi connectivity index (χ1) is 13.5. The van der Waals surface area contributed by atoms with Gasteiger partial charge >= 0.3 is 0 Å². The highest BCUT2D eigenvalue weighted by Gasteiger charge is 2.48. The summed E-state index contributed by atoms with van der Waals surface area (Å²) in [6.07, 6.45) is 1.04. The molecule has 1 aliphatic heterocycles. The van der Waals surface area contributed by atoms with Crippen molar-refractivity contribution >= 4 is 19.7 Å². The van der Waals surface area contributed by atoms with Crippen molar-refractivity contribution in [1.82, 2.24) is 9.71 Å². The summed E-state index contributed by atoms with van der Waals surface area (Å²) >= 11 is -1.31. The Kier molecular flexibility index (Phi) is 7.88. The molecule has 1 aromatic rings. The van der Waals surface area contributed by atoms with Crippen molar-refractivity contribution in [2.75, 3.05) is 6.61 Å². The number of hydrogen-bond donors (Lipinski definition) is 1. The lowest BCUT2D eigenvalue weighted by atomic mass is 10.0. The Bertz CT molecular complexity index is 689. The van der Waals surface area contributed by atoms with Crippen LogP contribution in [0.4, 0.5) is 0 Å². The number of nitrogens with zero attached hydrogens (tertiary/aromatic N) is 1. The predicted octanol–water partition coefficient (Wildman–Crippen LogP) is 4.72. The van der Waals surface area contributed by atoms with Crippen LogP contribution in [0.15, 0.2) is 24.4 Å². The molecule has 6 nitrogen and oxygen atoms in total. The second-order valence-electron chi connectivity index (χ2n) is 10.9. The fraction of sp³-hybridized carbons (Fsp3) is 0.773. The summed E-state index contributed by atoms with van der Waals surface area (Å²) in [5.74, 6) is -0.695. The molecule has 0 aliphatic carbocycles. The van der Waals surface area contributed by atoms with Gasteiger partial charge < -0.3 is 18.5 Å². The topological polar surface area (TPSA) is 75.7 Å². The zero-order valence-corrected chi connectivity index (χ0v) is 22.1. The molecule has 0 spiro atoms. The Labute approximate surface area is 186 Å². The van der Waals surface area contributed by atoms with Crippen LogP contribution in [-0.2, 0) is 25.3 Å². The molecular formula is C22H40N2O4SSi. The maximum Gasteiger partial charge on any atom is 0.193 e. The lowest BCUT2D eigenvalue weighted by Crippen LogP contribution is -2.55. The van der Waals surface area contributed by atoms with Crippen LogP contribution in [0.2, 0.25) is 18.1 Å². The number of nitrogens with one attached hydrogen (secondary N) is 1. The van der Waals surface area contributed by atoms with Gasteiger partial charge in [-0.2, -0.15) is 0 Å². The molecule has 172 valence electrons. The van der Waals surface area contributed by atoms with Crippen molar-refractivity contribution in [2.45, 2.75) is 102 Å². The molecule has 0 radical (unpaired) electrons.